The van der Waals surface area contributed by atoms with Crippen molar-refractivity contribution in [2.24, 2.45) is 0 Å². The maximum absolute atomic E-state index is 12.9. The molecule has 0 atom stereocenters. The first-order valence-electron chi connectivity index (χ1n) is 6.24. The Morgan fingerprint density at radius 1 is 1.29 bits per heavy atom. The van der Waals surface area contributed by atoms with E-state index in [9.17, 15) is 8.42 Å². The summed E-state index contributed by atoms with van der Waals surface area (Å²) in [4.78, 5) is 5.97. The third kappa shape index (κ3) is 2.05. The van der Waals surface area contributed by atoms with Gasteiger partial charge in [-0.2, -0.15) is 4.31 Å². The Hall–Kier alpha value is -0.930. The van der Waals surface area contributed by atoms with Gasteiger partial charge in [0, 0.05) is 29.5 Å². The van der Waals surface area contributed by atoms with Gasteiger partial charge in [0.1, 0.15) is 0 Å². The molecule has 0 radical (unpaired) electrons. The quantitative estimate of drug-likeness (QED) is 0.707. The highest BCUT2D eigenvalue weighted by Gasteiger charge is 2.33. The number of hydrogen-bond acceptors (Lipinski definition) is 5. The lowest BCUT2D eigenvalue weighted by molar-refractivity contribution is 0.392. The first-order chi connectivity index (χ1) is 10.1. The first kappa shape index (κ1) is 13.7. The minimum absolute atomic E-state index is 0.0398. The predicted molar refractivity (Wildman–Crippen MR) is 83.7 cm³/mol. The van der Waals surface area contributed by atoms with E-state index in [2.05, 4.69) is 4.98 Å². The number of rotatable bonds is 2. The number of fused-ring (bicyclic) bond motifs is 2. The summed E-state index contributed by atoms with van der Waals surface area (Å²) in [6.45, 7) is 0.873. The minimum atomic E-state index is -3.65. The van der Waals surface area contributed by atoms with Crippen LogP contribution in [0.4, 0.5) is 0 Å². The lowest BCUT2D eigenvalue weighted by Crippen LogP contribution is -2.36. The number of aromatic nitrogens is 2. The molecule has 4 rings (SSSR count). The molecule has 0 saturated heterocycles. The second-order valence-electron chi connectivity index (χ2n) is 4.72. The van der Waals surface area contributed by atoms with Crippen LogP contribution in [0, 0.1) is 0 Å². The highest BCUT2D eigenvalue weighted by molar-refractivity contribution is 7.89. The van der Waals surface area contributed by atoms with Crippen LogP contribution in [-0.4, -0.2) is 28.7 Å². The van der Waals surface area contributed by atoms with Gasteiger partial charge in [-0.05, 0) is 23.4 Å². The van der Waals surface area contributed by atoms with Gasteiger partial charge in [-0.3, -0.25) is 4.40 Å². The van der Waals surface area contributed by atoms with Crippen LogP contribution in [0.25, 0.3) is 4.96 Å². The molecule has 21 heavy (non-hydrogen) atoms. The predicted octanol–water partition coefficient (Wildman–Crippen LogP) is 2.86. The Balaban J connectivity index is 1.81. The Morgan fingerprint density at radius 2 is 2.14 bits per heavy atom. The van der Waals surface area contributed by atoms with E-state index in [0.717, 1.165) is 12.0 Å². The Kier molecular flexibility index (Phi) is 3.13. The van der Waals surface area contributed by atoms with E-state index in [-0.39, 0.29) is 10.2 Å². The van der Waals surface area contributed by atoms with E-state index in [4.69, 9.17) is 11.6 Å². The van der Waals surface area contributed by atoms with Gasteiger partial charge in [-0.25, -0.2) is 13.4 Å². The Labute approximate surface area is 134 Å². The molecule has 3 aromatic rings. The molecule has 9 heteroatoms. The molecule has 0 spiro atoms. The van der Waals surface area contributed by atoms with Crippen molar-refractivity contribution in [1.82, 2.24) is 13.7 Å². The normalized spacial score (nSPS) is 16.4. The third-order valence-corrected chi connectivity index (χ3v) is 7.56. The van der Waals surface area contributed by atoms with E-state index in [1.807, 2.05) is 11.4 Å². The van der Waals surface area contributed by atoms with Crippen LogP contribution < -0.4 is 0 Å². The first-order valence-corrected chi connectivity index (χ1v) is 9.81. The zero-order chi connectivity index (χ0) is 14.6. The van der Waals surface area contributed by atoms with E-state index in [1.165, 1.54) is 20.5 Å². The van der Waals surface area contributed by atoms with Crippen LogP contribution in [0.3, 0.4) is 0 Å². The highest BCUT2D eigenvalue weighted by Crippen LogP contribution is 2.32. The van der Waals surface area contributed by atoms with Gasteiger partial charge in [0.05, 0.1) is 0 Å². The van der Waals surface area contributed by atoms with Crippen molar-refractivity contribution in [3.63, 3.8) is 0 Å². The summed E-state index contributed by atoms with van der Waals surface area (Å²) in [6, 6.07) is 1.99. The van der Waals surface area contributed by atoms with E-state index in [1.54, 1.807) is 27.3 Å². The molecule has 0 aromatic carbocycles. The maximum Gasteiger partial charge on any atom is 0.262 e. The number of hydrogen-bond donors (Lipinski definition) is 0. The van der Waals surface area contributed by atoms with Crippen LogP contribution in [0.15, 0.2) is 28.0 Å². The number of thiophene rings is 1. The molecule has 110 valence electrons. The molecular formula is C12H10ClN3O2S3. The number of thiazole rings is 1. The van der Waals surface area contributed by atoms with Crippen LogP contribution in [0.1, 0.15) is 10.4 Å². The molecule has 0 aliphatic carbocycles. The molecule has 1 aliphatic rings. The maximum atomic E-state index is 12.9. The monoisotopic (exact) mass is 359 g/mol. The molecule has 0 unspecified atom stereocenters. The molecule has 1 aliphatic heterocycles. The van der Waals surface area contributed by atoms with E-state index in [0.29, 0.717) is 18.1 Å². The van der Waals surface area contributed by atoms with Crippen molar-refractivity contribution >= 4 is 49.3 Å². The lowest BCUT2D eigenvalue weighted by atomic mass is 10.1. The van der Waals surface area contributed by atoms with Crippen molar-refractivity contribution in [2.75, 3.05) is 6.54 Å². The summed E-state index contributed by atoms with van der Waals surface area (Å²) in [5.41, 5.74) is 1.08. The topological polar surface area (TPSA) is 54.7 Å². The van der Waals surface area contributed by atoms with Crippen LogP contribution in [0.5, 0.6) is 0 Å². The lowest BCUT2D eigenvalue weighted by Gasteiger charge is -2.25. The zero-order valence-corrected chi connectivity index (χ0v) is 13.9. The molecule has 0 fully saturated rings. The standard InChI is InChI=1S/C12H10ClN3O2S3/c13-10-11(16-4-6-20-12(16)14-10)21(17,18)15-3-1-9-8(7-15)2-5-19-9/h2,4-6H,1,3,7H2. The molecule has 0 N–H and O–H groups in total. The summed E-state index contributed by atoms with van der Waals surface area (Å²) in [6.07, 6.45) is 2.43. The average molecular weight is 360 g/mol. The number of imidazole rings is 1. The van der Waals surface area contributed by atoms with Crippen LogP contribution >= 0.6 is 34.3 Å². The molecule has 4 heterocycles. The molecule has 0 bridgehead atoms. The molecule has 5 nitrogen and oxygen atoms in total. The number of halogens is 1. The molecular weight excluding hydrogens is 350 g/mol. The van der Waals surface area contributed by atoms with E-state index >= 15 is 0 Å². The summed E-state index contributed by atoms with van der Waals surface area (Å²) in [5, 5.41) is 3.91. The third-order valence-electron chi connectivity index (χ3n) is 3.54. The fourth-order valence-corrected chi connectivity index (χ4v) is 6.23. The van der Waals surface area contributed by atoms with Gasteiger partial charge >= 0.3 is 0 Å². The molecule has 3 aromatic heterocycles. The van der Waals surface area contributed by atoms with Crippen molar-refractivity contribution in [2.45, 2.75) is 18.0 Å². The fraction of sp³-hybridized carbons (Fsp3) is 0.250. The zero-order valence-electron chi connectivity index (χ0n) is 10.7. The highest BCUT2D eigenvalue weighted by atomic mass is 35.5. The van der Waals surface area contributed by atoms with Crippen molar-refractivity contribution in [1.29, 1.82) is 0 Å². The van der Waals surface area contributed by atoms with Gasteiger partial charge in [0.25, 0.3) is 10.0 Å². The fourth-order valence-electron chi connectivity index (χ4n) is 2.52. The van der Waals surface area contributed by atoms with Gasteiger partial charge in [-0.1, -0.05) is 11.6 Å². The summed E-state index contributed by atoms with van der Waals surface area (Å²) < 4.78 is 28.8. The summed E-state index contributed by atoms with van der Waals surface area (Å²) >= 11 is 9.10. The number of sulfonamides is 1. The van der Waals surface area contributed by atoms with Gasteiger partial charge < -0.3 is 0 Å². The van der Waals surface area contributed by atoms with Crippen molar-refractivity contribution in [3.05, 3.63) is 38.6 Å². The van der Waals surface area contributed by atoms with Gasteiger partial charge in [0.15, 0.2) is 15.1 Å². The Bertz CT molecular complexity index is 925. The van der Waals surface area contributed by atoms with Crippen molar-refractivity contribution < 1.29 is 8.42 Å². The van der Waals surface area contributed by atoms with Crippen molar-refractivity contribution in [3.8, 4) is 0 Å². The number of nitrogens with zero attached hydrogens (tertiary/aromatic N) is 3. The van der Waals surface area contributed by atoms with Crippen LogP contribution in [-0.2, 0) is 23.0 Å². The summed E-state index contributed by atoms with van der Waals surface area (Å²) in [5.74, 6) is 0. The van der Waals surface area contributed by atoms with E-state index < -0.39 is 10.0 Å². The molecule has 0 saturated carbocycles. The largest absolute Gasteiger partial charge is 0.279 e. The Morgan fingerprint density at radius 3 is 3.00 bits per heavy atom. The second kappa shape index (κ2) is 4.79. The SMILES string of the molecule is O=S(=O)(c1c(Cl)nc2sccn12)N1CCc2sccc2C1. The molecule has 0 amide bonds. The average Bonchev–Trinajstić information content (AvgIpc) is 3.11. The summed E-state index contributed by atoms with van der Waals surface area (Å²) in [7, 11) is -3.65. The van der Waals surface area contributed by atoms with Gasteiger partial charge in [0.2, 0.25) is 0 Å². The van der Waals surface area contributed by atoms with Crippen LogP contribution in [0.2, 0.25) is 5.15 Å². The second-order valence-corrected chi connectivity index (χ2v) is 8.81. The smallest absolute Gasteiger partial charge is 0.262 e. The minimum Gasteiger partial charge on any atom is -0.279 e. The van der Waals surface area contributed by atoms with Gasteiger partial charge in [-0.15, -0.1) is 22.7 Å².